The number of nitrogens with one attached hydrogen (secondary N) is 1. The van der Waals surface area contributed by atoms with Gasteiger partial charge in [0.1, 0.15) is 5.75 Å². The Kier molecular flexibility index (Phi) is 6.57. The fraction of sp³-hybridized carbons (Fsp3) is 0.316. The first-order valence-corrected chi connectivity index (χ1v) is 10.3. The molecule has 3 rings (SSSR count). The number of sulfonamides is 1. The van der Waals surface area contributed by atoms with Crippen LogP contribution in [0.3, 0.4) is 0 Å². The van der Waals surface area contributed by atoms with Gasteiger partial charge in [-0.15, -0.1) is 0 Å². The van der Waals surface area contributed by atoms with Gasteiger partial charge in [0.25, 0.3) is 0 Å². The number of carbonyl (C=O) groups is 1. The second-order valence-electron chi connectivity index (χ2n) is 6.30. The zero-order chi connectivity index (χ0) is 20.9. The van der Waals surface area contributed by atoms with Crippen molar-refractivity contribution in [3.05, 3.63) is 48.0 Å². The number of carbonyl (C=O) groups excluding carboxylic acids is 1. The van der Waals surface area contributed by atoms with Crippen LogP contribution in [0.2, 0.25) is 0 Å². The van der Waals surface area contributed by atoms with Gasteiger partial charge in [-0.05, 0) is 48.4 Å². The van der Waals surface area contributed by atoms with Crippen LogP contribution >= 0.6 is 0 Å². The Balaban J connectivity index is 1.78. The number of hydroxylamine groups is 1. The van der Waals surface area contributed by atoms with Crippen molar-refractivity contribution in [3.63, 3.8) is 0 Å². The van der Waals surface area contributed by atoms with E-state index in [0.717, 1.165) is 5.56 Å². The Morgan fingerprint density at radius 3 is 2.55 bits per heavy atom. The molecule has 0 fully saturated rings. The highest BCUT2D eigenvalue weighted by atomic mass is 32.2. The summed E-state index contributed by atoms with van der Waals surface area (Å²) < 4.78 is 43.1. The Bertz CT molecular complexity index is 961. The molecule has 1 aliphatic heterocycles. The van der Waals surface area contributed by atoms with Gasteiger partial charge >= 0.3 is 0 Å². The number of rotatable bonds is 9. The molecular formula is C19H22N2O7S. The lowest BCUT2D eigenvalue weighted by Gasteiger charge is -2.22. The molecule has 0 bridgehead atoms. The number of amides is 1. The lowest BCUT2D eigenvalue weighted by Crippen LogP contribution is -2.36. The number of fused-ring (bicyclic) bond motifs is 1. The number of ether oxygens (including phenoxy) is 3. The molecule has 1 aliphatic rings. The van der Waals surface area contributed by atoms with Gasteiger partial charge in [0, 0.05) is 19.5 Å². The molecule has 1 amide bonds. The number of hydrogen-bond donors (Lipinski definition) is 2. The van der Waals surface area contributed by atoms with E-state index >= 15 is 0 Å². The minimum atomic E-state index is -3.85. The fourth-order valence-corrected chi connectivity index (χ4v) is 4.32. The normalized spacial score (nSPS) is 12.8. The molecule has 0 saturated carbocycles. The molecule has 10 heteroatoms. The molecule has 0 radical (unpaired) electrons. The Labute approximate surface area is 168 Å². The SMILES string of the molecule is COc1ccc(S(=O)(=O)N(CCC(=O)NO)CCc2ccc3c(c2)OCO3)cc1. The van der Waals surface area contributed by atoms with E-state index in [9.17, 15) is 13.2 Å². The Hall–Kier alpha value is -2.82. The molecule has 156 valence electrons. The molecule has 29 heavy (non-hydrogen) atoms. The number of benzene rings is 2. The van der Waals surface area contributed by atoms with Gasteiger partial charge < -0.3 is 14.2 Å². The number of hydrogen-bond acceptors (Lipinski definition) is 7. The first kappa shape index (κ1) is 20.9. The van der Waals surface area contributed by atoms with E-state index in [4.69, 9.17) is 19.4 Å². The fourth-order valence-electron chi connectivity index (χ4n) is 2.88. The molecule has 1 heterocycles. The summed E-state index contributed by atoms with van der Waals surface area (Å²) in [7, 11) is -2.36. The van der Waals surface area contributed by atoms with Crippen molar-refractivity contribution in [2.24, 2.45) is 0 Å². The minimum Gasteiger partial charge on any atom is -0.497 e. The molecule has 9 nitrogen and oxygen atoms in total. The summed E-state index contributed by atoms with van der Waals surface area (Å²) in [4.78, 5) is 11.5. The molecular weight excluding hydrogens is 400 g/mol. The summed E-state index contributed by atoms with van der Waals surface area (Å²) in [6.07, 6.45) is 0.236. The lowest BCUT2D eigenvalue weighted by molar-refractivity contribution is -0.129. The van der Waals surface area contributed by atoms with Gasteiger partial charge in [-0.1, -0.05) is 6.07 Å². The highest BCUT2D eigenvalue weighted by Gasteiger charge is 2.25. The van der Waals surface area contributed by atoms with E-state index in [2.05, 4.69) is 0 Å². The number of nitrogens with zero attached hydrogens (tertiary/aromatic N) is 1. The smallest absolute Gasteiger partial charge is 0.244 e. The van der Waals surface area contributed by atoms with Crippen molar-refractivity contribution in [2.75, 3.05) is 27.0 Å². The first-order valence-electron chi connectivity index (χ1n) is 8.89. The molecule has 2 aromatic carbocycles. The van der Waals surface area contributed by atoms with Crippen LogP contribution in [0.4, 0.5) is 0 Å². The van der Waals surface area contributed by atoms with Crippen LogP contribution in [-0.2, 0) is 21.2 Å². The molecule has 0 unspecified atom stereocenters. The summed E-state index contributed by atoms with van der Waals surface area (Å²) in [5, 5.41) is 8.72. The summed E-state index contributed by atoms with van der Waals surface area (Å²) in [5.74, 6) is 1.14. The predicted molar refractivity (Wildman–Crippen MR) is 103 cm³/mol. The third kappa shape index (κ3) is 4.97. The second-order valence-corrected chi connectivity index (χ2v) is 8.24. The molecule has 0 aliphatic carbocycles. The van der Waals surface area contributed by atoms with Gasteiger partial charge in [-0.25, -0.2) is 13.9 Å². The van der Waals surface area contributed by atoms with Crippen LogP contribution < -0.4 is 19.7 Å². The van der Waals surface area contributed by atoms with Gasteiger partial charge in [-0.3, -0.25) is 10.0 Å². The monoisotopic (exact) mass is 422 g/mol. The summed E-state index contributed by atoms with van der Waals surface area (Å²) in [6.45, 7) is 0.227. The predicted octanol–water partition coefficient (Wildman–Crippen LogP) is 1.55. The van der Waals surface area contributed by atoms with Gasteiger partial charge in [0.2, 0.25) is 22.7 Å². The maximum absolute atomic E-state index is 13.1. The van der Waals surface area contributed by atoms with E-state index in [1.54, 1.807) is 24.3 Å². The highest BCUT2D eigenvalue weighted by Crippen LogP contribution is 2.32. The van der Waals surface area contributed by atoms with Gasteiger partial charge in [-0.2, -0.15) is 4.31 Å². The summed E-state index contributed by atoms with van der Waals surface area (Å²) in [5.41, 5.74) is 2.39. The largest absolute Gasteiger partial charge is 0.497 e. The molecule has 2 N–H and O–H groups in total. The van der Waals surface area contributed by atoms with E-state index < -0.39 is 15.9 Å². The van der Waals surface area contributed by atoms with Crippen molar-refractivity contribution < 1.29 is 32.6 Å². The highest BCUT2D eigenvalue weighted by molar-refractivity contribution is 7.89. The van der Waals surface area contributed by atoms with Crippen LogP contribution in [0.25, 0.3) is 0 Å². The molecule has 0 aromatic heterocycles. The van der Waals surface area contributed by atoms with E-state index in [-0.39, 0.29) is 31.2 Å². The standard InChI is InChI=1S/C19H22N2O7S/c1-26-15-3-5-16(6-4-15)29(24,25)21(11-9-19(22)20-23)10-8-14-2-7-17-18(12-14)28-13-27-17/h2-7,12,23H,8-11,13H2,1H3,(H,20,22). The third-order valence-electron chi connectivity index (χ3n) is 4.50. The Morgan fingerprint density at radius 2 is 1.86 bits per heavy atom. The summed E-state index contributed by atoms with van der Waals surface area (Å²) in [6, 6.07) is 11.4. The van der Waals surface area contributed by atoms with Crippen molar-refractivity contribution in [1.82, 2.24) is 9.79 Å². The van der Waals surface area contributed by atoms with E-state index in [1.807, 2.05) is 6.07 Å². The zero-order valence-electron chi connectivity index (χ0n) is 15.8. The Morgan fingerprint density at radius 1 is 1.14 bits per heavy atom. The summed E-state index contributed by atoms with van der Waals surface area (Å²) >= 11 is 0. The molecule has 0 saturated heterocycles. The van der Waals surface area contributed by atoms with E-state index in [1.165, 1.54) is 29.0 Å². The molecule has 0 atom stereocenters. The van der Waals surface area contributed by atoms with Crippen LogP contribution in [0.5, 0.6) is 17.2 Å². The van der Waals surface area contributed by atoms with Crippen LogP contribution in [0.1, 0.15) is 12.0 Å². The first-order chi connectivity index (χ1) is 13.9. The van der Waals surface area contributed by atoms with E-state index in [0.29, 0.717) is 23.7 Å². The van der Waals surface area contributed by atoms with Crippen LogP contribution in [0.15, 0.2) is 47.4 Å². The quantitative estimate of drug-likeness (QED) is 0.465. The van der Waals surface area contributed by atoms with Crippen LogP contribution in [-0.4, -0.2) is 50.8 Å². The molecule has 0 spiro atoms. The topological polar surface area (TPSA) is 114 Å². The maximum atomic E-state index is 13.1. The minimum absolute atomic E-state index is 0.0781. The molecule has 2 aromatic rings. The second kappa shape index (κ2) is 9.12. The van der Waals surface area contributed by atoms with Gasteiger partial charge in [0.15, 0.2) is 11.5 Å². The van der Waals surface area contributed by atoms with Crippen molar-refractivity contribution in [3.8, 4) is 17.2 Å². The van der Waals surface area contributed by atoms with Crippen LogP contribution in [0, 0.1) is 0 Å². The zero-order valence-corrected chi connectivity index (χ0v) is 16.6. The average molecular weight is 422 g/mol. The van der Waals surface area contributed by atoms with Crippen molar-refractivity contribution >= 4 is 15.9 Å². The third-order valence-corrected chi connectivity index (χ3v) is 6.41. The lowest BCUT2D eigenvalue weighted by atomic mass is 10.1. The van der Waals surface area contributed by atoms with Gasteiger partial charge in [0.05, 0.1) is 12.0 Å². The van der Waals surface area contributed by atoms with Crippen molar-refractivity contribution in [2.45, 2.75) is 17.7 Å². The number of methoxy groups -OCH3 is 1. The maximum Gasteiger partial charge on any atom is 0.244 e. The average Bonchev–Trinajstić information content (AvgIpc) is 3.21. The van der Waals surface area contributed by atoms with Crippen molar-refractivity contribution in [1.29, 1.82) is 0 Å².